The first-order valence-corrected chi connectivity index (χ1v) is 8.93. The Kier molecular flexibility index (Phi) is 5.51. The summed E-state index contributed by atoms with van der Waals surface area (Å²) in [5.41, 5.74) is 0.864. The normalized spacial score (nSPS) is 11.8. The van der Waals surface area contributed by atoms with Crippen molar-refractivity contribution in [2.24, 2.45) is 0 Å². The van der Waals surface area contributed by atoms with Gasteiger partial charge in [-0.1, -0.05) is 0 Å². The molecular weight excluding hydrogens is 321 g/mol. The summed E-state index contributed by atoms with van der Waals surface area (Å²) in [4.78, 5) is 16.6. The predicted octanol–water partition coefficient (Wildman–Crippen LogP) is 2.11. The summed E-state index contributed by atoms with van der Waals surface area (Å²) in [6, 6.07) is 0. The molecule has 2 heterocycles. The first-order chi connectivity index (χ1) is 11.0. The van der Waals surface area contributed by atoms with Crippen LogP contribution in [0.25, 0.3) is 5.65 Å². The van der Waals surface area contributed by atoms with E-state index in [1.807, 2.05) is 0 Å². The van der Waals surface area contributed by atoms with Crippen LogP contribution in [0, 0.1) is 6.92 Å². The Bertz CT molecular complexity index is 748. The first-order valence-electron chi connectivity index (χ1n) is 7.39. The summed E-state index contributed by atoms with van der Waals surface area (Å²) in [5, 5.41) is 4.25. The number of aromatic nitrogens is 3. The Hall–Kier alpha value is -1.76. The average Bonchev–Trinajstić information content (AvgIpc) is 2.82. The van der Waals surface area contributed by atoms with Gasteiger partial charge in [-0.3, -0.25) is 4.57 Å². The largest absolute Gasteiger partial charge is 0.462 e. The molecule has 0 unspecified atom stereocenters. The van der Waals surface area contributed by atoms with Crippen molar-refractivity contribution in [3.05, 3.63) is 23.7 Å². The Morgan fingerprint density at radius 1 is 1.17 bits per heavy atom. The lowest BCUT2D eigenvalue weighted by Gasteiger charge is -2.17. The zero-order valence-electron chi connectivity index (χ0n) is 13.6. The fourth-order valence-electron chi connectivity index (χ4n) is 2.32. The number of carbonyl (C=O) groups is 1. The van der Waals surface area contributed by atoms with Gasteiger partial charge in [-0.15, -0.1) is 0 Å². The van der Waals surface area contributed by atoms with E-state index in [2.05, 4.69) is 10.1 Å². The molecule has 0 aromatic carbocycles. The highest BCUT2D eigenvalue weighted by Crippen LogP contribution is 2.49. The molecule has 0 fully saturated rings. The molecule has 2 rings (SSSR count). The summed E-state index contributed by atoms with van der Waals surface area (Å²) < 4.78 is 30.5. The van der Waals surface area contributed by atoms with Crippen molar-refractivity contribution in [3.8, 4) is 0 Å². The van der Waals surface area contributed by atoms with Gasteiger partial charge in [0.2, 0.25) is 0 Å². The van der Waals surface area contributed by atoms with E-state index < -0.39 is 13.6 Å². The molecule has 0 aliphatic carbocycles. The fraction of sp³-hybridized carbons (Fsp3) is 0.500. The number of aryl methyl sites for hydroxylation is 1. The van der Waals surface area contributed by atoms with Gasteiger partial charge in [0.05, 0.1) is 31.7 Å². The van der Waals surface area contributed by atoms with Crippen molar-refractivity contribution < 1.29 is 23.1 Å². The highest BCUT2D eigenvalue weighted by Gasteiger charge is 2.39. The van der Waals surface area contributed by atoms with Crippen LogP contribution in [0.5, 0.6) is 0 Å². The first kappa shape index (κ1) is 17.6. The topological polar surface area (TPSA) is 92.0 Å². The van der Waals surface area contributed by atoms with Crippen LogP contribution in [0.15, 0.2) is 12.4 Å². The third-order valence-corrected chi connectivity index (χ3v) is 5.29. The van der Waals surface area contributed by atoms with Crippen molar-refractivity contribution in [2.45, 2.75) is 27.7 Å². The summed E-state index contributed by atoms with van der Waals surface area (Å²) in [7, 11) is -3.74. The lowest BCUT2D eigenvalue weighted by atomic mass is 10.2. The molecule has 126 valence electrons. The maximum atomic E-state index is 13.2. The number of nitrogens with zero attached hydrogens (tertiary/aromatic N) is 3. The van der Waals surface area contributed by atoms with Crippen LogP contribution in [0.3, 0.4) is 0 Å². The van der Waals surface area contributed by atoms with E-state index in [1.54, 1.807) is 27.7 Å². The lowest BCUT2D eigenvalue weighted by Crippen LogP contribution is -2.20. The maximum absolute atomic E-state index is 13.2. The van der Waals surface area contributed by atoms with Crippen molar-refractivity contribution in [1.29, 1.82) is 0 Å². The maximum Gasteiger partial charge on any atom is 0.366 e. The van der Waals surface area contributed by atoms with Gasteiger partial charge >= 0.3 is 13.6 Å². The molecule has 8 nitrogen and oxygen atoms in total. The minimum atomic E-state index is -3.74. The Morgan fingerprint density at radius 3 is 2.39 bits per heavy atom. The standard InChI is InChI=1S/C14H20N3O5P/c1-5-20-14(18)11-10(4)17-13(15-8-9-16-17)12(11)23(19,21-6-2)22-7-3/h8-9H,5-7H2,1-4H3. The van der Waals surface area contributed by atoms with Gasteiger partial charge in [0, 0.05) is 6.20 Å². The second-order valence-corrected chi connectivity index (χ2v) is 6.50. The zero-order chi connectivity index (χ0) is 17.0. The van der Waals surface area contributed by atoms with E-state index in [-0.39, 0.29) is 36.3 Å². The van der Waals surface area contributed by atoms with Gasteiger partial charge in [0.25, 0.3) is 0 Å². The number of rotatable bonds is 7. The van der Waals surface area contributed by atoms with Gasteiger partial charge in [0.15, 0.2) is 5.65 Å². The number of esters is 1. The fourth-order valence-corrected chi connectivity index (χ4v) is 4.26. The number of hydrogen-bond acceptors (Lipinski definition) is 7. The Balaban J connectivity index is 2.80. The molecule has 23 heavy (non-hydrogen) atoms. The Labute approximate surface area is 134 Å². The molecule has 0 saturated heterocycles. The summed E-state index contributed by atoms with van der Waals surface area (Å²) in [6.07, 6.45) is 2.93. The van der Waals surface area contributed by atoms with E-state index in [9.17, 15) is 9.36 Å². The van der Waals surface area contributed by atoms with Gasteiger partial charge < -0.3 is 13.8 Å². The monoisotopic (exact) mass is 341 g/mol. The van der Waals surface area contributed by atoms with Gasteiger partial charge in [-0.05, 0) is 27.7 Å². The SMILES string of the molecule is CCOC(=O)c1c(P(=O)(OCC)OCC)c2nccnn2c1C. The molecule has 0 atom stereocenters. The number of ether oxygens (including phenoxy) is 1. The van der Waals surface area contributed by atoms with Crippen LogP contribution in [0.2, 0.25) is 0 Å². The van der Waals surface area contributed by atoms with Gasteiger partial charge in [-0.25, -0.2) is 14.3 Å². The Morgan fingerprint density at radius 2 is 1.83 bits per heavy atom. The summed E-state index contributed by atoms with van der Waals surface area (Å²) in [6.45, 7) is 7.30. The lowest BCUT2D eigenvalue weighted by molar-refractivity contribution is 0.0526. The molecule has 0 aliphatic heterocycles. The molecule has 0 spiro atoms. The molecular formula is C14H20N3O5P. The molecule has 9 heteroatoms. The molecule has 2 aromatic rings. The van der Waals surface area contributed by atoms with Crippen LogP contribution in [-0.2, 0) is 18.3 Å². The molecule has 0 amide bonds. The highest BCUT2D eigenvalue weighted by atomic mass is 31.2. The zero-order valence-corrected chi connectivity index (χ0v) is 14.5. The second-order valence-electron chi connectivity index (χ2n) is 4.54. The molecule has 0 N–H and O–H groups in total. The van der Waals surface area contributed by atoms with Crippen LogP contribution >= 0.6 is 7.60 Å². The third kappa shape index (κ3) is 3.15. The van der Waals surface area contributed by atoms with Crippen LogP contribution in [0.1, 0.15) is 36.8 Å². The minimum Gasteiger partial charge on any atom is -0.462 e. The molecule has 0 bridgehead atoms. The predicted molar refractivity (Wildman–Crippen MR) is 84.2 cm³/mol. The van der Waals surface area contributed by atoms with Crippen molar-refractivity contribution in [1.82, 2.24) is 14.6 Å². The highest BCUT2D eigenvalue weighted by molar-refractivity contribution is 7.63. The summed E-state index contributed by atoms with van der Waals surface area (Å²) in [5.74, 6) is -0.605. The van der Waals surface area contributed by atoms with Crippen molar-refractivity contribution in [2.75, 3.05) is 19.8 Å². The van der Waals surface area contributed by atoms with E-state index in [0.717, 1.165) is 0 Å². The molecule has 0 aliphatic rings. The molecule has 0 radical (unpaired) electrons. The number of fused-ring (bicyclic) bond motifs is 1. The average molecular weight is 341 g/mol. The van der Waals surface area contributed by atoms with E-state index in [1.165, 1.54) is 16.9 Å². The second kappa shape index (κ2) is 7.21. The molecule has 0 saturated carbocycles. The molecule has 2 aromatic heterocycles. The van der Waals surface area contributed by atoms with Crippen LogP contribution < -0.4 is 5.30 Å². The quantitative estimate of drug-likeness (QED) is 0.562. The van der Waals surface area contributed by atoms with Crippen LogP contribution in [0.4, 0.5) is 0 Å². The summed E-state index contributed by atoms with van der Waals surface area (Å²) >= 11 is 0. The number of hydrogen-bond donors (Lipinski definition) is 0. The van der Waals surface area contributed by atoms with Gasteiger partial charge in [0.1, 0.15) is 10.9 Å². The minimum absolute atomic E-state index is 0.102. The third-order valence-electron chi connectivity index (χ3n) is 3.13. The van der Waals surface area contributed by atoms with E-state index in [0.29, 0.717) is 5.69 Å². The van der Waals surface area contributed by atoms with Crippen molar-refractivity contribution in [3.63, 3.8) is 0 Å². The van der Waals surface area contributed by atoms with Crippen LogP contribution in [-0.4, -0.2) is 40.4 Å². The number of carbonyl (C=O) groups excluding carboxylic acids is 1. The van der Waals surface area contributed by atoms with E-state index in [4.69, 9.17) is 13.8 Å². The van der Waals surface area contributed by atoms with Crippen molar-refractivity contribution >= 4 is 24.5 Å². The smallest absolute Gasteiger partial charge is 0.366 e. The van der Waals surface area contributed by atoms with E-state index >= 15 is 0 Å². The van der Waals surface area contributed by atoms with Gasteiger partial charge in [-0.2, -0.15) is 5.10 Å².